The lowest BCUT2D eigenvalue weighted by atomic mass is 10.1. The Balaban J connectivity index is 2.29. The molecule has 1 amide bonds. The van der Waals surface area contributed by atoms with Crippen molar-refractivity contribution < 1.29 is 4.79 Å². The Labute approximate surface area is 91.6 Å². The lowest BCUT2D eigenvalue weighted by Crippen LogP contribution is -2.42. The molecule has 0 unspecified atom stereocenters. The van der Waals surface area contributed by atoms with Crippen LogP contribution in [0.5, 0.6) is 0 Å². The molecule has 1 fully saturated rings. The molecule has 2 rings (SSSR count). The second-order valence-electron chi connectivity index (χ2n) is 3.13. The smallest absolute Gasteiger partial charge is 0.255 e. The van der Waals surface area contributed by atoms with Gasteiger partial charge in [-0.15, -0.1) is 0 Å². The summed E-state index contributed by atoms with van der Waals surface area (Å²) >= 11 is 11.5. The average Bonchev–Trinajstić information content (AvgIpc) is 2.06. The third kappa shape index (κ3) is 1.70. The summed E-state index contributed by atoms with van der Waals surface area (Å²) in [4.78, 5) is 17.3. The highest BCUT2D eigenvalue weighted by Crippen LogP contribution is 2.21. The quantitative estimate of drug-likeness (QED) is 0.694. The molecule has 14 heavy (non-hydrogen) atoms. The van der Waals surface area contributed by atoms with Gasteiger partial charge in [-0.3, -0.25) is 4.79 Å². The van der Waals surface area contributed by atoms with Gasteiger partial charge in [0.15, 0.2) is 0 Å². The molecule has 1 aromatic rings. The Bertz CT molecular complexity index is 377. The largest absolute Gasteiger partial charge is 0.338 e. The Morgan fingerprint density at radius 3 is 2.71 bits per heavy atom. The van der Waals surface area contributed by atoms with E-state index >= 15 is 0 Å². The summed E-state index contributed by atoms with van der Waals surface area (Å²) in [5.41, 5.74) is 0.436. The highest BCUT2D eigenvalue weighted by molar-refractivity contribution is 6.35. The van der Waals surface area contributed by atoms with E-state index in [4.69, 9.17) is 23.2 Å². The zero-order chi connectivity index (χ0) is 10.1. The van der Waals surface area contributed by atoms with Crippen LogP contribution >= 0.6 is 23.2 Å². The maximum atomic E-state index is 11.8. The minimum atomic E-state index is -0.0643. The van der Waals surface area contributed by atoms with E-state index in [-0.39, 0.29) is 5.91 Å². The van der Waals surface area contributed by atoms with Gasteiger partial charge in [0.25, 0.3) is 5.91 Å². The van der Waals surface area contributed by atoms with E-state index < -0.39 is 0 Å². The number of halogens is 2. The third-order valence-electron chi connectivity index (χ3n) is 2.20. The summed E-state index contributed by atoms with van der Waals surface area (Å²) in [5.74, 6) is -0.0643. The number of rotatable bonds is 1. The van der Waals surface area contributed by atoms with E-state index in [9.17, 15) is 4.79 Å². The first-order chi connectivity index (χ1) is 6.68. The van der Waals surface area contributed by atoms with Crippen LogP contribution in [0.25, 0.3) is 0 Å². The fraction of sp³-hybridized carbons (Fsp3) is 0.333. The standard InChI is InChI=1S/C9H8Cl2N2O/c10-7-5-12-8(11)4-6(7)9(14)13-2-1-3-13/h4-5H,1-3H2. The first-order valence-electron chi connectivity index (χ1n) is 4.29. The molecule has 2 heterocycles. The van der Waals surface area contributed by atoms with Crippen LogP contribution in [0.2, 0.25) is 10.2 Å². The van der Waals surface area contributed by atoms with E-state index in [1.54, 1.807) is 4.90 Å². The number of carbonyl (C=O) groups excluding carboxylic acids is 1. The topological polar surface area (TPSA) is 33.2 Å². The van der Waals surface area contributed by atoms with E-state index in [0.717, 1.165) is 19.5 Å². The van der Waals surface area contributed by atoms with E-state index in [1.165, 1.54) is 12.3 Å². The van der Waals surface area contributed by atoms with Crippen LogP contribution in [0.3, 0.4) is 0 Å². The molecule has 0 aromatic carbocycles. The molecule has 0 atom stereocenters. The summed E-state index contributed by atoms with van der Waals surface area (Å²) in [7, 11) is 0. The predicted octanol–water partition coefficient (Wildman–Crippen LogP) is 2.23. The number of amides is 1. The summed E-state index contributed by atoms with van der Waals surface area (Å²) in [6.07, 6.45) is 2.46. The Hall–Kier alpha value is -0.800. The maximum Gasteiger partial charge on any atom is 0.255 e. The van der Waals surface area contributed by atoms with Gasteiger partial charge >= 0.3 is 0 Å². The second kappa shape index (κ2) is 3.75. The molecule has 0 spiro atoms. The fourth-order valence-electron chi connectivity index (χ4n) is 1.27. The third-order valence-corrected chi connectivity index (χ3v) is 2.70. The van der Waals surface area contributed by atoms with Gasteiger partial charge in [0.1, 0.15) is 5.15 Å². The molecule has 74 valence electrons. The fourth-order valence-corrected chi connectivity index (χ4v) is 1.61. The monoisotopic (exact) mass is 230 g/mol. The van der Waals surface area contributed by atoms with Crippen LogP contribution in [0.4, 0.5) is 0 Å². The highest BCUT2D eigenvalue weighted by atomic mass is 35.5. The number of hydrogen-bond donors (Lipinski definition) is 0. The molecule has 1 saturated heterocycles. The van der Waals surface area contributed by atoms with Crippen LogP contribution in [0.15, 0.2) is 12.3 Å². The minimum Gasteiger partial charge on any atom is -0.338 e. The van der Waals surface area contributed by atoms with Gasteiger partial charge in [0.05, 0.1) is 10.6 Å². The summed E-state index contributed by atoms with van der Waals surface area (Å²) < 4.78 is 0. The zero-order valence-electron chi connectivity index (χ0n) is 7.33. The van der Waals surface area contributed by atoms with Crippen molar-refractivity contribution in [2.24, 2.45) is 0 Å². The Morgan fingerprint density at radius 1 is 1.43 bits per heavy atom. The second-order valence-corrected chi connectivity index (χ2v) is 3.93. The highest BCUT2D eigenvalue weighted by Gasteiger charge is 2.23. The van der Waals surface area contributed by atoms with E-state index in [2.05, 4.69) is 4.98 Å². The minimum absolute atomic E-state index is 0.0643. The molecular weight excluding hydrogens is 223 g/mol. The molecule has 5 heteroatoms. The van der Waals surface area contributed by atoms with Gasteiger partial charge in [0, 0.05) is 19.3 Å². The molecule has 0 saturated carbocycles. The normalized spacial score (nSPS) is 15.1. The molecule has 0 aliphatic carbocycles. The van der Waals surface area contributed by atoms with E-state index in [1.807, 2.05) is 0 Å². The molecule has 1 aliphatic rings. The van der Waals surface area contributed by atoms with Gasteiger partial charge in [-0.05, 0) is 12.5 Å². The summed E-state index contributed by atoms with van der Waals surface area (Å²) in [5, 5.41) is 0.643. The van der Waals surface area contributed by atoms with Crippen molar-refractivity contribution in [2.75, 3.05) is 13.1 Å². The van der Waals surface area contributed by atoms with E-state index in [0.29, 0.717) is 15.7 Å². The SMILES string of the molecule is O=C(c1cc(Cl)ncc1Cl)N1CCC1. The van der Waals surface area contributed by atoms with Crippen molar-refractivity contribution in [3.05, 3.63) is 28.0 Å². The molecular formula is C9H8Cl2N2O. The van der Waals surface area contributed by atoms with Crippen LogP contribution in [-0.2, 0) is 0 Å². The molecule has 0 N–H and O–H groups in total. The van der Waals surface area contributed by atoms with Gasteiger partial charge in [-0.25, -0.2) is 4.98 Å². The van der Waals surface area contributed by atoms with Crippen LogP contribution in [0.1, 0.15) is 16.8 Å². The maximum absolute atomic E-state index is 11.8. The van der Waals surface area contributed by atoms with Crippen molar-refractivity contribution >= 4 is 29.1 Å². The summed E-state index contributed by atoms with van der Waals surface area (Å²) in [6.45, 7) is 1.60. The molecule has 0 radical (unpaired) electrons. The van der Waals surface area contributed by atoms with Gasteiger partial charge < -0.3 is 4.90 Å². The van der Waals surface area contributed by atoms with Crippen molar-refractivity contribution in [1.82, 2.24) is 9.88 Å². The first-order valence-corrected chi connectivity index (χ1v) is 5.04. The first kappa shape index (κ1) is 9.74. The molecule has 1 aliphatic heterocycles. The van der Waals surface area contributed by atoms with Gasteiger partial charge in [0.2, 0.25) is 0 Å². The van der Waals surface area contributed by atoms with Crippen molar-refractivity contribution in [2.45, 2.75) is 6.42 Å². The number of hydrogen-bond acceptors (Lipinski definition) is 2. The zero-order valence-corrected chi connectivity index (χ0v) is 8.85. The predicted molar refractivity (Wildman–Crippen MR) is 54.8 cm³/mol. The molecule has 0 bridgehead atoms. The van der Waals surface area contributed by atoms with Crippen LogP contribution < -0.4 is 0 Å². The van der Waals surface area contributed by atoms with Gasteiger partial charge in [-0.2, -0.15) is 0 Å². The number of pyridine rings is 1. The van der Waals surface area contributed by atoms with Crippen LogP contribution in [0, 0.1) is 0 Å². The number of aromatic nitrogens is 1. The number of likely N-dealkylation sites (tertiary alicyclic amines) is 1. The Morgan fingerprint density at radius 2 is 2.14 bits per heavy atom. The molecule has 1 aromatic heterocycles. The van der Waals surface area contributed by atoms with Crippen molar-refractivity contribution in [1.29, 1.82) is 0 Å². The lowest BCUT2D eigenvalue weighted by Gasteiger charge is -2.31. The van der Waals surface area contributed by atoms with Crippen LogP contribution in [-0.4, -0.2) is 28.9 Å². The van der Waals surface area contributed by atoms with Crippen molar-refractivity contribution in [3.8, 4) is 0 Å². The van der Waals surface area contributed by atoms with Crippen molar-refractivity contribution in [3.63, 3.8) is 0 Å². The van der Waals surface area contributed by atoms with Gasteiger partial charge in [-0.1, -0.05) is 23.2 Å². The number of carbonyl (C=O) groups is 1. The summed E-state index contributed by atoms with van der Waals surface area (Å²) in [6, 6.07) is 1.50. The lowest BCUT2D eigenvalue weighted by molar-refractivity contribution is 0.0652. The molecule has 3 nitrogen and oxygen atoms in total. The average molecular weight is 231 g/mol. The Kier molecular flexibility index (Phi) is 2.61. The number of nitrogens with zero attached hydrogens (tertiary/aromatic N) is 2.